The van der Waals surface area contributed by atoms with Crippen molar-refractivity contribution in [2.24, 2.45) is 0 Å². The molecule has 0 spiro atoms. The van der Waals surface area contributed by atoms with E-state index in [-0.39, 0.29) is 11.7 Å². The molecule has 0 unspecified atom stereocenters. The van der Waals surface area contributed by atoms with E-state index in [1.165, 1.54) is 0 Å². The smallest absolute Gasteiger partial charge is 0.248 e. The molecule has 0 fully saturated rings. The number of fused-ring (bicyclic) bond motifs is 3. The Hall–Kier alpha value is -1.40. The van der Waals surface area contributed by atoms with Crippen LogP contribution >= 0.6 is 15.9 Å². The maximum absolute atomic E-state index is 14.5. The molecule has 2 heterocycles. The van der Waals surface area contributed by atoms with Crippen LogP contribution in [0.2, 0.25) is 0 Å². The van der Waals surface area contributed by atoms with Gasteiger partial charge in [0, 0.05) is 42.7 Å². The second kappa shape index (κ2) is 5.42. The van der Waals surface area contributed by atoms with Gasteiger partial charge in [-0.25, -0.2) is 4.39 Å². The Bertz CT molecular complexity index is 726. The van der Waals surface area contributed by atoms with Crippen molar-refractivity contribution in [2.45, 2.75) is 26.4 Å². The number of aryl methyl sites for hydroxylation is 1. The van der Waals surface area contributed by atoms with Gasteiger partial charge in [0.05, 0.1) is 9.99 Å². The second-order valence-corrected chi connectivity index (χ2v) is 6.00. The number of hydrogen-bond acceptors (Lipinski definition) is 2. The summed E-state index contributed by atoms with van der Waals surface area (Å²) in [4.78, 5) is 13.3. The number of carbonyl (C=O) groups excluding carboxylic acids is 1. The Balaban J connectivity index is 2.20. The normalized spacial score (nSPS) is 14.6. The summed E-state index contributed by atoms with van der Waals surface area (Å²) in [6, 6.07) is 3.59. The van der Waals surface area contributed by atoms with E-state index in [1.807, 2.05) is 17.6 Å². The molecule has 4 nitrogen and oxygen atoms in total. The molecule has 1 aliphatic heterocycles. The summed E-state index contributed by atoms with van der Waals surface area (Å²) in [7, 11) is 0. The van der Waals surface area contributed by atoms with Gasteiger partial charge in [-0.3, -0.25) is 4.79 Å². The van der Waals surface area contributed by atoms with Crippen LogP contribution < -0.4 is 0 Å². The van der Waals surface area contributed by atoms with Crippen LogP contribution in [0.15, 0.2) is 16.6 Å². The minimum absolute atomic E-state index is 0.260. The fraction of sp³-hybridized carbons (Fsp3) is 0.400. The number of aliphatic hydroxyl groups excluding tert-OH is 1. The van der Waals surface area contributed by atoms with Crippen LogP contribution in [0.25, 0.3) is 10.9 Å². The largest absolute Gasteiger partial charge is 0.387 e. The van der Waals surface area contributed by atoms with Crippen molar-refractivity contribution >= 4 is 32.7 Å². The first-order valence-electron chi connectivity index (χ1n) is 6.95. The van der Waals surface area contributed by atoms with Crippen molar-refractivity contribution in [1.82, 2.24) is 9.47 Å². The molecule has 1 aliphatic rings. The molecule has 21 heavy (non-hydrogen) atoms. The first-order chi connectivity index (χ1) is 10.1. The van der Waals surface area contributed by atoms with E-state index in [2.05, 4.69) is 15.9 Å². The number of benzene rings is 1. The fourth-order valence-electron chi connectivity index (χ4n) is 3.14. The lowest BCUT2D eigenvalue weighted by molar-refractivity contribution is -0.135. The predicted molar refractivity (Wildman–Crippen MR) is 81.5 cm³/mol. The molecule has 3 rings (SSSR count). The first kappa shape index (κ1) is 14.5. The number of aliphatic hydroxyl groups is 1. The van der Waals surface area contributed by atoms with Crippen molar-refractivity contribution in [3.8, 4) is 0 Å². The molecule has 0 aliphatic carbocycles. The highest BCUT2D eigenvalue weighted by molar-refractivity contribution is 9.10. The highest BCUT2D eigenvalue weighted by atomic mass is 79.9. The molecule has 1 aromatic heterocycles. The Morgan fingerprint density at radius 3 is 2.90 bits per heavy atom. The zero-order valence-corrected chi connectivity index (χ0v) is 13.3. The van der Waals surface area contributed by atoms with E-state index >= 15 is 0 Å². The number of aromatic nitrogens is 1. The van der Waals surface area contributed by atoms with Crippen LogP contribution in [0, 0.1) is 5.82 Å². The van der Waals surface area contributed by atoms with Gasteiger partial charge in [-0.05, 0) is 28.9 Å². The van der Waals surface area contributed by atoms with Crippen LogP contribution in [-0.2, 0) is 24.3 Å². The SMILES string of the molecule is CCn1c2c(c3ccc(Br)c(F)c31)CN(C(=O)CO)CC2. The van der Waals surface area contributed by atoms with Gasteiger partial charge in [-0.2, -0.15) is 0 Å². The van der Waals surface area contributed by atoms with Crippen LogP contribution in [-0.4, -0.2) is 33.6 Å². The summed E-state index contributed by atoms with van der Waals surface area (Å²) in [5, 5.41) is 9.87. The highest BCUT2D eigenvalue weighted by Crippen LogP contribution is 2.34. The van der Waals surface area contributed by atoms with Crippen molar-refractivity contribution in [2.75, 3.05) is 13.2 Å². The molecule has 112 valence electrons. The van der Waals surface area contributed by atoms with Gasteiger partial charge in [0.25, 0.3) is 0 Å². The number of rotatable bonds is 2. The number of halogens is 2. The molecule has 1 N–H and O–H groups in total. The lowest BCUT2D eigenvalue weighted by Crippen LogP contribution is -2.37. The average molecular weight is 355 g/mol. The lowest BCUT2D eigenvalue weighted by Gasteiger charge is -2.27. The monoisotopic (exact) mass is 354 g/mol. The molecule has 2 aromatic rings. The minimum atomic E-state index is -0.484. The lowest BCUT2D eigenvalue weighted by atomic mass is 10.0. The Labute approximate surface area is 130 Å². The fourth-order valence-corrected chi connectivity index (χ4v) is 3.46. The van der Waals surface area contributed by atoms with Crippen molar-refractivity contribution < 1.29 is 14.3 Å². The van der Waals surface area contributed by atoms with Gasteiger partial charge in [-0.1, -0.05) is 6.07 Å². The number of carbonyl (C=O) groups is 1. The standard InChI is InChI=1S/C15H16BrFN2O2/c1-2-19-12-5-6-18(13(21)8-20)7-10(12)9-3-4-11(16)14(17)15(9)19/h3-4,20H,2,5-8H2,1H3. The molecule has 0 saturated carbocycles. The van der Waals surface area contributed by atoms with Crippen LogP contribution in [0.3, 0.4) is 0 Å². The Morgan fingerprint density at radius 2 is 2.24 bits per heavy atom. The molecule has 0 bridgehead atoms. The summed E-state index contributed by atoms with van der Waals surface area (Å²) >= 11 is 3.23. The topological polar surface area (TPSA) is 45.5 Å². The third-order valence-electron chi connectivity index (χ3n) is 4.11. The van der Waals surface area contributed by atoms with Crippen LogP contribution in [0.1, 0.15) is 18.2 Å². The van der Waals surface area contributed by atoms with E-state index in [9.17, 15) is 9.18 Å². The maximum atomic E-state index is 14.5. The average Bonchev–Trinajstić information content (AvgIpc) is 2.83. The number of nitrogens with zero attached hydrogens (tertiary/aromatic N) is 2. The summed E-state index contributed by atoms with van der Waals surface area (Å²) in [5.74, 6) is -0.542. The summed E-state index contributed by atoms with van der Waals surface area (Å²) in [6.45, 7) is 3.19. The van der Waals surface area contributed by atoms with Gasteiger partial charge < -0.3 is 14.6 Å². The number of hydrogen-bond donors (Lipinski definition) is 1. The Kier molecular flexibility index (Phi) is 3.75. The zero-order valence-electron chi connectivity index (χ0n) is 11.7. The molecule has 1 amide bonds. The molecule has 0 atom stereocenters. The van der Waals surface area contributed by atoms with E-state index in [4.69, 9.17) is 5.11 Å². The molecule has 1 aromatic carbocycles. The predicted octanol–water partition coefficient (Wildman–Crippen LogP) is 2.44. The van der Waals surface area contributed by atoms with Gasteiger partial charge in [-0.15, -0.1) is 0 Å². The zero-order chi connectivity index (χ0) is 15.1. The van der Waals surface area contributed by atoms with Crippen molar-refractivity contribution in [1.29, 1.82) is 0 Å². The Morgan fingerprint density at radius 1 is 1.48 bits per heavy atom. The van der Waals surface area contributed by atoms with Crippen LogP contribution in [0.5, 0.6) is 0 Å². The molecular formula is C15H16BrFN2O2. The summed E-state index contributed by atoms with van der Waals surface area (Å²) < 4.78 is 16.9. The minimum Gasteiger partial charge on any atom is -0.387 e. The van der Waals surface area contributed by atoms with E-state index < -0.39 is 6.61 Å². The summed E-state index contributed by atoms with van der Waals surface area (Å²) in [6.07, 6.45) is 0.681. The molecule has 6 heteroatoms. The maximum Gasteiger partial charge on any atom is 0.248 e. The van der Waals surface area contributed by atoms with Crippen molar-refractivity contribution in [3.63, 3.8) is 0 Å². The molecule has 0 saturated heterocycles. The van der Waals surface area contributed by atoms with E-state index in [1.54, 1.807) is 11.0 Å². The van der Waals surface area contributed by atoms with Crippen molar-refractivity contribution in [3.05, 3.63) is 33.7 Å². The quantitative estimate of drug-likeness (QED) is 0.900. The third kappa shape index (κ3) is 2.17. The first-order valence-corrected chi connectivity index (χ1v) is 7.74. The third-order valence-corrected chi connectivity index (χ3v) is 4.72. The van der Waals surface area contributed by atoms with Gasteiger partial charge in [0.1, 0.15) is 6.61 Å². The second-order valence-electron chi connectivity index (χ2n) is 5.15. The van der Waals surface area contributed by atoms with E-state index in [0.717, 1.165) is 16.6 Å². The van der Waals surface area contributed by atoms with Gasteiger partial charge in [0.15, 0.2) is 5.82 Å². The van der Waals surface area contributed by atoms with Gasteiger partial charge in [0.2, 0.25) is 5.91 Å². The summed E-state index contributed by atoms with van der Waals surface area (Å²) in [5.41, 5.74) is 2.67. The molecular weight excluding hydrogens is 339 g/mol. The highest BCUT2D eigenvalue weighted by Gasteiger charge is 2.27. The molecule has 0 radical (unpaired) electrons. The van der Waals surface area contributed by atoms with Crippen LogP contribution in [0.4, 0.5) is 4.39 Å². The van der Waals surface area contributed by atoms with E-state index in [0.29, 0.717) is 36.0 Å². The number of amides is 1. The van der Waals surface area contributed by atoms with Gasteiger partial charge >= 0.3 is 0 Å².